The summed E-state index contributed by atoms with van der Waals surface area (Å²) < 4.78 is 40.3. The summed E-state index contributed by atoms with van der Waals surface area (Å²) in [6.07, 6.45) is -3.92. The number of aromatic nitrogens is 2. The van der Waals surface area contributed by atoms with Crippen LogP contribution in [0.5, 0.6) is 0 Å². The fraction of sp³-hybridized carbons (Fsp3) is 0.0833. The van der Waals surface area contributed by atoms with E-state index in [0.717, 1.165) is 6.20 Å². The fourth-order valence-electron chi connectivity index (χ4n) is 1.76. The molecule has 0 fully saturated rings. The number of carbonyl (C=O) groups is 1. The van der Waals surface area contributed by atoms with E-state index in [9.17, 15) is 18.0 Å². The van der Waals surface area contributed by atoms with E-state index in [4.69, 9.17) is 18.1 Å². The summed E-state index contributed by atoms with van der Waals surface area (Å²) >= 11 is 5.30. The van der Waals surface area contributed by atoms with Gasteiger partial charge in [-0.3, -0.25) is 10.6 Å². The van der Waals surface area contributed by atoms with Crippen LogP contribution in [0.2, 0.25) is 0 Å². The monoisotopic (exact) mass is 386 g/mol. The van der Waals surface area contributed by atoms with Crippen molar-refractivity contribution in [1.82, 2.24) is 14.6 Å². The molecule has 118 valence electrons. The molecule has 2 aromatic rings. The molecule has 0 spiro atoms. The Balaban J connectivity index is 0.00000264. The first-order valence-corrected chi connectivity index (χ1v) is 7.00. The molecule has 0 aliphatic rings. The molecule has 11 heteroatoms. The van der Waals surface area contributed by atoms with Crippen molar-refractivity contribution in [2.75, 3.05) is 0 Å². The molecule has 1 aromatic carbocycles. The van der Waals surface area contributed by atoms with Gasteiger partial charge in [0.25, 0.3) is 0 Å². The van der Waals surface area contributed by atoms with Gasteiger partial charge in [-0.1, -0.05) is 30.4 Å². The summed E-state index contributed by atoms with van der Waals surface area (Å²) in [5.41, 5.74) is -1.61. The number of carbonyl (C=O) groups excluding carboxylic acids is 1. The van der Waals surface area contributed by atoms with Crippen LogP contribution >= 0.6 is 24.2 Å². The molecule has 2 rings (SSSR count). The topological polar surface area (TPSA) is 72.9 Å². The van der Waals surface area contributed by atoms with Gasteiger partial charge in [-0.25, -0.2) is 4.68 Å². The van der Waals surface area contributed by atoms with Crippen molar-refractivity contribution in [3.63, 3.8) is 0 Å². The van der Waals surface area contributed by atoms with Crippen molar-refractivity contribution in [2.45, 2.75) is 6.18 Å². The third-order valence-corrected chi connectivity index (χ3v) is 3.54. The fourth-order valence-corrected chi connectivity index (χ4v) is 2.33. The van der Waals surface area contributed by atoms with E-state index in [1.807, 2.05) is 0 Å². The zero-order valence-corrected chi connectivity index (χ0v) is 12.4. The zero-order chi connectivity index (χ0) is 16.3. The molecule has 0 aliphatic carbocycles. The molecule has 0 saturated heterocycles. The third-order valence-electron chi connectivity index (χ3n) is 2.62. The van der Waals surface area contributed by atoms with Gasteiger partial charge in [0.2, 0.25) is 5.78 Å². The predicted molar refractivity (Wildman–Crippen MR) is 87.6 cm³/mol. The molecule has 0 unspecified atom stereocenters. The van der Waals surface area contributed by atoms with E-state index >= 15 is 0 Å². The summed E-state index contributed by atoms with van der Waals surface area (Å²) in [6, 6.07) is 7.69. The summed E-state index contributed by atoms with van der Waals surface area (Å²) in [7, 11) is 0. The van der Waals surface area contributed by atoms with Gasteiger partial charge in [-0.05, 0) is 24.1 Å². The van der Waals surface area contributed by atoms with Gasteiger partial charge in [0.1, 0.15) is 4.20 Å². The van der Waals surface area contributed by atoms with Crippen LogP contribution in [-0.2, 0) is 6.18 Å². The average Bonchev–Trinajstić information content (AvgIpc) is 2.92. The van der Waals surface area contributed by atoms with Gasteiger partial charge in [-0.2, -0.15) is 23.1 Å². The number of Topliss-reactive ketones (excluding diaryl/α,β-unsaturated/α-hetero) is 1. The molecule has 0 atom stereocenters. The first-order valence-electron chi connectivity index (χ1n) is 5.78. The summed E-state index contributed by atoms with van der Waals surface area (Å²) in [6.45, 7) is 0. The normalized spacial score (nSPS) is 11.0. The van der Waals surface area contributed by atoms with E-state index in [-0.39, 0.29) is 61.3 Å². The minimum absolute atomic E-state index is 0. The zero-order valence-electron chi connectivity index (χ0n) is 10.8. The number of alkyl halides is 3. The van der Waals surface area contributed by atoms with Crippen LogP contribution in [0.3, 0.4) is 0 Å². The number of benzene rings is 1. The molecule has 3 N–H and O–H groups in total. The molecule has 0 saturated carbocycles. The Morgan fingerprint density at radius 2 is 1.91 bits per heavy atom. The molecule has 5 nitrogen and oxygen atoms in total. The SMILES string of the molecule is NNSC(=S)C(=O)c1cnn(-c2ccccc2)c1C(F)(F)F.[KH]. The van der Waals surface area contributed by atoms with E-state index < -0.39 is 23.2 Å². The second-order valence-electron chi connectivity index (χ2n) is 3.99. The number of hydrogen-bond acceptors (Lipinski definition) is 6. The first kappa shape index (κ1) is 20.9. The second kappa shape index (κ2) is 8.83. The number of nitrogens with zero attached hydrogens (tertiary/aromatic N) is 2. The molecule has 0 radical (unpaired) electrons. The Morgan fingerprint density at radius 1 is 1.30 bits per heavy atom. The number of halogens is 3. The molecule has 0 bridgehead atoms. The molecule has 1 heterocycles. The van der Waals surface area contributed by atoms with E-state index in [2.05, 4.69) is 9.93 Å². The predicted octanol–water partition coefficient (Wildman–Crippen LogP) is 1.86. The van der Waals surface area contributed by atoms with Crippen molar-refractivity contribution in [3.8, 4) is 5.69 Å². The Morgan fingerprint density at radius 3 is 2.43 bits per heavy atom. The summed E-state index contributed by atoms with van der Waals surface area (Å²) in [5, 5.41) is 3.67. The van der Waals surface area contributed by atoms with Crippen LogP contribution in [0.4, 0.5) is 13.2 Å². The second-order valence-corrected chi connectivity index (χ2v) is 5.50. The Labute approximate surface area is 181 Å². The number of rotatable bonds is 4. The summed E-state index contributed by atoms with van der Waals surface area (Å²) in [5.74, 6) is 4.03. The molecule has 23 heavy (non-hydrogen) atoms. The van der Waals surface area contributed by atoms with Gasteiger partial charge >= 0.3 is 57.6 Å². The Bertz CT molecular complexity index is 706. The van der Waals surface area contributed by atoms with E-state index in [1.165, 1.54) is 12.1 Å². The van der Waals surface area contributed by atoms with Crippen molar-refractivity contribution in [2.24, 2.45) is 5.84 Å². The molecule has 0 amide bonds. The van der Waals surface area contributed by atoms with E-state index in [0.29, 0.717) is 16.6 Å². The summed E-state index contributed by atoms with van der Waals surface area (Å²) in [4.78, 5) is 14.1. The maximum atomic E-state index is 13.3. The number of nitrogens with two attached hydrogens (primary N) is 1. The number of hydrogen-bond donors (Lipinski definition) is 2. The van der Waals surface area contributed by atoms with Gasteiger partial charge < -0.3 is 0 Å². The maximum absolute atomic E-state index is 13.3. The number of ketones is 1. The number of nitrogens with one attached hydrogen (secondary N) is 1. The van der Waals surface area contributed by atoms with Crippen LogP contribution in [0, 0.1) is 0 Å². The number of hydrazine groups is 1. The molecular formula is C12H10F3KN4OS2. The average molecular weight is 386 g/mol. The molecular weight excluding hydrogens is 376 g/mol. The van der Waals surface area contributed by atoms with Crippen molar-refractivity contribution in [1.29, 1.82) is 0 Å². The molecule has 0 aliphatic heterocycles. The van der Waals surface area contributed by atoms with Gasteiger partial charge in [0.05, 0.1) is 17.4 Å². The van der Waals surface area contributed by atoms with Crippen molar-refractivity contribution < 1.29 is 18.0 Å². The van der Waals surface area contributed by atoms with Crippen LogP contribution < -0.4 is 10.7 Å². The van der Waals surface area contributed by atoms with Gasteiger partial charge in [0, 0.05) is 0 Å². The van der Waals surface area contributed by atoms with Gasteiger partial charge in [-0.15, -0.1) is 0 Å². The van der Waals surface area contributed by atoms with Crippen molar-refractivity contribution in [3.05, 3.63) is 47.8 Å². The van der Waals surface area contributed by atoms with Crippen LogP contribution in [0.1, 0.15) is 16.1 Å². The van der Waals surface area contributed by atoms with Crippen molar-refractivity contribution >= 4 is 85.5 Å². The molecule has 1 aromatic heterocycles. The number of thiocarbonyl (C=S) groups is 1. The van der Waals surface area contributed by atoms with Crippen LogP contribution in [0.25, 0.3) is 5.69 Å². The van der Waals surface area contributed by atoms with E-state index in [1.54, 1.807) is 18.2 Å². The van der Waals surface area contributed by atoms with Gasteiger partial charge in [0.15, 0.2) is 5.69 Å². The van der Waals surface area contributed by atoms with Crippen LogP contribution in [-0.4, -0.2) is 71.1 Å². The Hall–Kier alpha value is -0.114. The Kier molecular flexibility index (Phi) is 8.03. The standard InChI is InChI=1S/C12H9F3N4OS2.K.H/c13-12(14,15)10-8(9(20)11(21)22-18-16)6-17-19(10)7-4-2-1-3-5-7;;/h1-6,18H,16H2;;. The first-order chi connectivity index (χ1) is 10.4. The third kappa shape index (κ3) is 4.93. The number of para-hydroxylation sites is 1. The van der Waals surface area contributed by atoms with Crippen LogP contribution in [0.15, 0.2) is 36.5 Å². The minimum atomic E-state index is -4.77. The quantitative estimate of drug-likeness (QED) is 0.209.